The van der Waals surface area contributed by atoms with Crippen LogP contribution in [0.1, 0.15) is 27.9 Å². The van der Waals surface area contributed by atoms with Gasteiger partial charge in [-0.15, -0.1) is 13.2 Å². The van der Waals surface area contributed by atoms with E-state index in [1.165, 1.54) is 31.5 Å². The van der Waals surface area contributed by atoms with E-state index in [0.717, 1.165) is 56.3 Å². The lowest BCUT2D eigenvalue weighted by atomic mass is 10.1. The predicted molar refractivity (Wildman–Crippen MR) is 179 cm³/mol. The highest BCUT2D eigenvalue weighted by Gasteiger charge is 2.33. The first-order chi connectivity index (χ1) is 23.5. The third-order valence-electron chi connectivity index (χ3n) is 7.89. The molecule has 1 amide bonds. The van der Waals surface area contributed by atoms with Crippen LogP contribution < -0.4 is 29.6 Å². The van der Waals surface area contributed by atoms with E-state index in [1.54, 1.807) is 18.2 Å². The molecule has 5 rings (SSSR count). The van der Waals surface area contributed by atoms with E-state index in [-0.39, 0.29) is 23.1 Å². The number of nitrogens with one attached hydrogen (secondary N) is 2. The lowest BCUT2D eigenvalue weighted by Gasteiger charge is -2.32. The zero-order valence-corrected chi connectivity index (χ0v) is 27.8. The Labute approximate surface area is 283 Å². The number of alkyl halides is 3. The first-order valence-corrected chi connectivity index (χ1v) is 15.7. The van der Waals surface area contributed by atoms with Crippen molar-refractivity contribution >= 4 is 23.2 Å². The number of aromatic nitrogens is 2. The number of para-hydroxylation sites is 3. The van der Waals surface area contributed by atoms with Gasteiger partial charge in [-0.2, -0.15) is 4.98 Å². The SMILES string of the molecule is COc1cc(Nc2ncc(C(=O)Nc3c(C)cccc3C)c(Oc3ccccc3OC(F)(F)F)n2)ccc1OCCCN1CCN(C)CC1. The number of amides is 1. The Bertz CT molecular complexity index is 1730. The van der Waals surface area contributed by atoms with Crippen molar-refractivity contribution in [2.24, 2.45) is 0 Å². The van der Waals surface area contributed by atoms with Gasteiger partial charge < -0.3 is 39.4 Å². The van der Waals surface area contributed by atoms with Gasteiger partial charge in [-0.3, -0.25) is 4.79 Å². The summed E-state index contributed by atoms with van der Waals surface area (Å²) in [6.45, 7) is 9.35. The van der Waals surface area contributed by atoms with E-state index in [9.17, 15) is 18.0 Å². The molecular weight excluding hydrogens is 641 g/mol. The predicted octanol–water partition coefficient (Wildman–Crippen LogP) is 6.81. The van der Waals surface area contributed by atoms with Crippen LogP contribution in [-0.4, -0.2) is 85.5 Å². The molecule has 0 unspecified atom stereocenters. The smallest absolute Gasteiger partial charge is 0.493 e. The van der Waals surface area contributed by atoms with E-state index < -0.39 is 18.0 Å². The minimum atomic E-state index is -4.97. The van der Waals surface area contributed by atoms with E-state index in [4.69, 9.17) is 14.2 Å². The number of carbonyl (C=O) groups is 1. The van der Waals surface area contributed by atoms with E-state index in [2.05, 4.69) is 42.2 Å². The van der Waals surface area contributed by atoms with Crippen molar-refractivity contribution in [3.05, 3.63) is 83.6 Å². The van der Waals surface area contributed by atoms with Gasteiger partial charge in [-0.25, -0.2) is 4.98 Å². The quantitative estimate of drug-likeness (QED) is 0.146. The number of carbonyl (C=O) groups excluding carboxylic acids is 1. The molecule has 3 aromatic carbocycles. The molecule has 2 heterocycles. The van der Waals surface area contributed by atoms with Gasteiger partial charge in [0.05, 0.1) is 13.7 Å². The first-order valence-electron chi connectivity index (χ1n) is 15.7. The lowest BCUT2D eigenvalue weighted by Crippen LogP contribution is -2.44. The molecule has 0 aliphatic carbocycles. The van der Waals surface area contributed by atoms with Gasteiger partial charge in [0, 0.05) is 56.4 Å². The zero-order chi connectivity index (χ0) is 35.0. The molecule has 0 spiro atoms. The van der Waals surface area contributed by atoms with Crippen LogP contribution in [0, 0.1) is 13.8 Å². The Morgan fingerprint density at radius 1 is 0.918 bits per heavy atom. The van der Waals surface area contributed by atoms with Crippen LogP contribution in [0.25, 0.3) is 0 Å². The number of methoxy groups -OCH3 is 1. The van der Waals surface area contributed by atoms with E-state index in [0.29, 0.717) is 29.5 Å². The Kier molecular flexibility index (Phi) is 11.4. The molecule has 1 aliphatic heterocycles. The standard InChI is InChI=1S/C35H39F3N6O5/c1-23-9-7-10-24(2)31(23)41-32(45)26-22-39-34(42-33(26)48-28-11-5-6-12-29(28)49-35(36,37)38)40-25-13-14-27(30(21-25)46-4)47-20-8-15-44-18-16-43(3)17-19-44/h5-7,9-14,21-22H,8,15-20H2,1-4H3,(H,41,45)(H,39,40,42). The average Bonchev–Trinajstić information content (AvgIpc) is 3.06. The summed E-state index contributed by atoms with van der Waals surface area (Å²) in [4.78, 5) is 26.9. The topological polar surface area (TPSA) is 110 Å². The van der Waals surface area contributed by atoms with Gasteiger partial charge in [0.25, 0.3) is 5.91 Å². The number of piperazine rings is 1. The summed E-state index contributed by atoms with van der Waals surface area (Å²) < 4.78 is 61.0. The van der Waals surface area contributed by atoms with Crippen LogP contribution in [0.2, 0.25) is 0 Å². The highest BCUT2D eigenvalue weighted by atomic mass is 19.4. The summed E-state index contributed by atoms with van der Waals surface area (Å²) in [6, 6.07) is 16.0. The number of rotatable bonds is 13. The Balaban J connectivity index is 1.35. The maximum absolute atomic E-state index is 13.5. The van der Waals surface area contributed by atoms with Crippen LogP contribution in [0.3, 0.4) is 0 Å². The molecule has 14 heteroatoms. The number of benzene rings is 3. The van der Waals surface area contributed by atoms with Gasteiger partial charge in [-0.1, -0.05) is 30.3 Å². The summed E-state index contributed by atoms with van der Waals surface area (Å²) in [5.41, 5.74) is 2.62. The van der Waals surface area contributed by atoms with Crippen molar-refractivity contribution in [1.82, 2.24) is 19.8 Å². The molecule has 0 atom stereocenters. The van der Waals surface area contributed by atoms with Crippen molar-refractivity contribution in [3.8, 4) is 28.9 Å². The Morgan fingerprint density at radius 2 is 1.63 bits per heavy atom. The van der Waals surface area contributed by atoms with Gasteiger partial charge in [0.2, 0.25) is 11.8 Å². The second-order valence-corrected chi connectivity index (χ2v) is 11.6. The third kappa shape index (κ3) is 9.74. The number of likely N-dealkylation sites (N-methyl/N-ethyl adjacent to an activating group) is 1. The molecule has 1 aromatic heterocycles. The summed E-state index contributed by atoms with van der Waals surface area (Å²) in [5, 5.41) is 5.88. The number of aryl methyl sites for hydroxylation is 2. The summed E-state index contributed by atoms with van der Waals surface area (Å²) >= 11 is 0. The molecule has 0 bridgehead atoms. The van der Waals surface area contributed by atoms with Gasteiger partial charge in [-0.05, 0) is 62.7 Å². The molecule has 1 saturated heterocycles. The molecule has 4 aromatic rings. The number of hydrogen-bond acceptors (Lipinski definition) is 10. The zero-order valence-electron chi connectivity index (χ0n) is 27.8. The third-order valence-corrected chi connectivity index (χ3v) is 7.89. The number of anilines is 3. The largest absolute Gasteiger partial charge is 0.573 e. The average molecular weight is 681 g/mol. The Morgan fingerprint density at radius 3 is 2.33 bits per heavy atom. The van der Waals surface area contributed by atoms with Crippen molar-refractivity contribution in [2.45, 2.75) is 26.6 Å². The number of nitrogens with zero attached hydrogens (tertiary/aromatic N) is 4. The minimum absolute atomic E-state index is 0.00995. The maximum atomic E-state index is 13.5. The lowest BCUT2D eigenvalue weighted by molar-refractivity contribution is -0.275. The number of halogens is 3. The fraction of sp³-hybridized carbons (Fsp3) is 0.343. The Hall–Kier alpha value is -5.08. The number of ether oxygens (including phenoxy) is 4. The van der Waals surface area contributed by atoms with E-state index in [1.807, 2.05) is 32.0 Å². The molecule has 0 radical (unpaired) electrons. The second-order valence-electron chi connectivity index (χ2n) is 11.6. The monoisotopic (exact) mass is 680 g/mol. The molecule has 0 saturated carbocycles. The minimum Gasteiger partial charge on any atom is -0.493 e. The summed E-state index contributed by atoms with van der Waals surface area (Å²) in [5.74, 6) is -0.777. The summed E-state index contributed by atoms with van der Waals surface area (Å²) in [6.07, 6.45) is -2.88. The molecule has 49 heavy (non-hydrogen) atoms. The molecule has 260 valence electrons. The molecule has 1 aliphatic rings. The fourth-order valence-corrected chi connectivity index (χ4v) is 5.24. The van der Waals surface area contributed by atoms with Gasteiger partial charge in [0.1, 0.15) is 5.56 Å². The van der Waals surface area contributed by atoms with E-state index >= 15 is 0 Å². The van der Waals surface area contributed by atoms with Crippen molar-refractivity contribution in [2.75, 3.05) is 64.1 Å². The van der Waals surface area contributed by atoms with Gasteiger partial charge >= 0.3 is 6.36 Å². The fourth-order valence-electron chi connectivity index (χ4n) is 5.24. The molecular formula is C35H39F3N6O5. The first kappa shape index (κ1) is 35.2. The van der Waals surface area contributed by atoms with Crippen LogP contribution in [0.15, 0.2) is 66.9 Å². The molecule has 11 nitrogen and oxygen atoms in total. The highest BCUT2D eigenvalue weighted by Crippen LogP contribution is 2.37. The summed E-state index contributed by atoms with van der Waals surface area (Å²) in [7, 11) is 3.66. The van der Waals surface area contributed by atoms with Crippen molar-refractivity contribution in [1.29, 1.82) is 0 Å². The highest BCUT2D eigenvalue weighted by molar-refractivity contribution is 6.06. The normalized spacial score (nSPS) is 13.9. The van der Waals surface area contributed by atoms with Crippen LogP contribution in [0.4, 0.5) is 30.5 Å². The number of hydrogen-bond donors (Lipinski definition) is 2. The van der Waals surface area contributed by atoms with Crippen molar-refractivity contribution in [3.63, 3.8) is 0 Å². The van der Waals surface area contributed by atoms with Crippen LogP contribution in [-0.2, 0) is 0 Å². The molecule has 2 N–H and O–H groups in total. The maximum Gasteiger partial charge on any atom is 0.573 e. The van der Waals surface area contributed by atoms with Crippen molar-refractivity contribution < 1.29 is 36.9 Å². The van der Waals surface area contributed by atoms with Crippen LogP contribution >= 0.6 is 0 Å². The van der Waals surface area contributed by atoms with Gasteiger partial charge in [0.15, 0.2) is 23.0 Å². The second kappa shape index (κ2) is 15.9. The van der Waals surface area contributed by atoms with Crippen LogP contribution in [0.5, 0.6) is 28.9 Å². The molecule has 1 fully saturated rings.